The Labute approximate surface area is 156 Å². The molecule has 1 aliphatic rings. The lowest BCUT2D eigenvalue weighted by Gasteiger charge is -2.39. The van der Waals surface area contributed by atoms with Crippen LogP contribution in [0.1, 0.15) is 42.0 Å². The number of nitrogens with zero attached hydrogens (tertiary/aromatic N) is 4. The first kappa shape index (κ1) is 16.1. The van der Waals surface area contributed by atoms with Gasteiger partial charge >= 0.3 is 0 Å². The van der Waals surface area contributed by atoms with E-state index in [0.717, 1.165) is 53.9 Å². The second kappa shape index (κ2) is 6.23. The lowest BCUT2D eigenvalue weighted by atomic mass is 9.91. The summed E-state index contributed by atoms with van der Waals surface area (Å²) in [5, 5.41) is 0. The van der Waals surface area contributed by atoms with Crippen LogP contribution in [0.5, 0.6) is 0 Å². The fourth-order valence-corrected chi connectivity index (χ4v) is 4.21. The first-order valence-corrected chi connectivity index (χ1v) is 9.36. The van der Waals surface area contributed by atoms with E-state index in [1.807, 2.05) is 42.9 Å². The number of aromatic nitrogens is 4. The molecule has 1 saturated heterocycles. The predicted octanol–water partition coefficient (Wildman–Crippen LogP) is 4.00. The first-order valence-electron chi connectivity index (χ1n) is 9.36. The second-order valence-corrected chi connectivity index (χ2v) is 7.40. The minimum Gasteiger partial charge on any atom is -0.361 e. The van der Waals surface area contributed by atoms with Gasteiger partial charge in [0.1, 0.15) is 12.1 Å². The van der Waals surface area contributed by atoms with E-state index in [1.165, 1.54) is 0 Å². The quantitative estimate of drug-likeness (QED) is 0.562. The Balaban J connectivity index is 1.67. The molecule has 1 fully saturated rings. The third-order valence-corrected chi connectivity index (χ3v) is 5.59. The molecule has 0 spiro atoms. The number of H-pyrrole nitrogens is 1. The smallest absolute Gasteiger partial charge is 0.154 e. The number of imidazole rings is 1. The average molecular weight is 359 g/mol. The van der Waals surface area contributed by atoms with Crippen LogP contribution in [-0.2, 0) is 0 Å². The van der Waals surface area contributed by atoms with Gasteiger partial charge in [0.05, 0.1) is 29.5 Å². The number of carbonyl (C=O) groups excluding carboxylic acids is 1. The number of aromatic amines is 1. The predicted molar refractivity (Wildman–Crippen MR) is 105 cm³/mol. The molecule has 0 radical (unpaired) electrons. The molecule has 0 saturated carbocycles. The zero-order valence-corrected chi connectivity index (χ0v) is 15.2. The number of piperidine rings is 1. The lowest BCUT2D eigenvalue weighted by molar-refractivity contribution is 0.112. The van der Waals surface area contributed by atoms with Gasteiger partial charge in [-0.1, -0.05) is 19.1 Å². The number of anilines is 1. The van der Waals surface area contributed by atoms with Gasteiger partial charge in [-0.25, -0.2) is 9.97 Å². The van der Waals surface area contributed by atoms with Crippen LogP contribution in [0.2, 0.25) is 0 Å². The Morgan fingerprint density at radius 1 is 1.22 bits per heavy atom. The van der Waals surface area contributed by atoms with E-state index in [1.54, 1.807) is 0 Å². The summed E-state index contributed by atoms with van der Waals surface area (Å²) >= 11 is 0. The van der Waals surface area contributed by atoms with Crippen molar-refractivity contribution in [1.82, 2.24) is 19.4 Å². The number of rotatable bonds is 3. The molecule has 5 rings (SSSR count). The van der Waals surface area contributed by atoms with Gasteiger partial charge in [0.25, 0.3) is 0 Å². The van der Waals surface area contributed by atoms with Crippen molar-refractivity contribution in [3.05, 3.63) is 60.3 Å². The minimum atomic E-state index is 0.152. The van der Waals surface area contributed by atoms with Crippen LogP contribution < -0.4 is 4.90 Å². The summed E-state index contributed by atoms with van der Waals surface area (Å²) in [5.74, 6) is 1.65. The van der Waals surface area contributed by atoms with Crippen molar-refractivity contribution in [1.29, 1.82) is 0 Å². The molecular weight excluding hydrogens is 338 g/mol. The highest BCUT2D eigenvalue weighted by Crippen LogP contribution is 2.37. The van der Waals surface area contributed by atoms with Gasteiger partial charge < -0.3 is 9.88 Å². The number of carbonyl (C=O) groups is 1. The van der Waals surface area contributed by atoms with E-state index < -0.39 is 0 Å². The Morgan fingerprint density at radius 2 is 2.11 bits per heavy atom. The summed E-state index contributed by atoms with van der Waals surface area (Å²) in [7, 11) is 0. The molecule has 0 aliphatic carbocycles. The normalized spacial score (nSPS) is 20.4. The molecule has 0 amide bonds. The molecule has 3 aromatic heterocycles. The van der Waals surface area contributed by atoms with Crippen LogP contribution >= 0.6 is 0 Å². The molecule has 0 unspecified atom stereocenters. The fraction of sp³-hybridized carbons (Fsp3) is 0.286. The standard InChI is InChI=1S/C21H21N5O/c1-14-6-8-25(16-4-2-3-15(10-16)13-27)19(9-14)21-24-12-17-11-23-20-18(26(17)21)5-7-22-20/h2-5,7,10-14,19,22H,6,8-9H2,1H3/t14-,19+/m0/s1. The van der Waals surface area contributed by atoms with Crippen LogP contribution in [0.4, 0.5) is 5.69 Å². The van der Waals surface area contributed by atoms with Gasteiger partial charge in [-0.3, -0.25) is 9.20 Å². The maximum Gasteiger partial charge on any atom is 0.154 e. The minimum absolute atomic E-state index is 0.152. The number of fused-ring (bicyclic) bond motifs is 3. The second-order valence-electron chi connectivity index (χ2n) is 7.40. The molecule has 6 heteroatoms. The summed E-state index contributed by atoms with van der Waals surface area (Å²) in [6.45, 7) is 3.25. The van der Waals surface area contributed by atoms with E-state index in [4.69, 9.17) is 4.98 Å². The molecule has 6 nitrogen and oxygen atoms in total. The average Bonchev–Trinajstić information content (AvgIpc) is 3.34. The number of aldehydes is 1. The zero-order chi connectivity index (χ0) is 18.4. The van der Waals surface area contributed by atoms with Gasteiger partial charge in [0.15, 0.2) is 5.65 Å². The number of nitrogens with one attached hydrogen (secondary N) is 1. The summed E-state index contributed by atoms with van der Waals surface area (Å²) in [5.41, 5.74) is 4.68. The summed E-state index contributed by atoms with van der Waals surface area (Å²) in [6.07, 6.45) is 8.73. The Bertz CT molecular complexity index is 1130. The zero-order valence-electron chi connectivity index (χ0n) is 15.2. The molecule has 4 aromatic rings. The van der Waals surface area contributed by atoms with Crippen molar-refractivity contribution in [2.45, 2.75) is 25.8 Å². The van der Waals surface area contributed by atoms with Crippen LogP contribution in [0.3, 0.4) is 0 Å². The molecule has 1 N–H and O–H groups in total. The van der Waals surface area contributed by atoms with E-state index in [2.05, 4.69) is 32.3 Å². The van der Waals surface area contributed by atoms with Crippen molar-refractivity contribution in [2.75, 3.05) is 11.4 Å². The monoisotopic (exact) mass is 359 g/mol. The highest BCUT2D eigenvalue weighted by atomic mass is 16.1. The summed E-state index contributed by atoms with van der Waals surface area (Å²) < 4.78 is 2.21. The number of benzene rings is 1. The highest BCUT2D eigenvalue weighted by Gasteiger charge is 2.31. The third-order valence-electron chi connectivity index (χ3n) is 5.59. The van der Waals surface area contributed by atoms with Crippen LogP contribution in [0.15, 0.2) is 48.9 Å². The van der Waals surface area contributed by atoms with Crippen LogP contribution in [0.25, 0.3) is 16.7 Å². The Hall–Kier alpha value is -3.15. The summed E-state index contributed by atoms with van der Waals surface area (Å²) in [6, 6.07) is 10.0. The van der Waals surface area contributed by atoms with Gasteiger partial charge in [-0.05, 0) is 37.0 Å². The van der Waals surface area contributed by atoms with Crippen molar-refractivity contribution in [3.8, 4) is 0 Å². The van der Waals surface area contributed by atoms with E-state index >= 15 is 0 Å². The lowest BCUT2D eigenvalue weighted by Crippen LogP contribution is -2.37. The van der Waals surface area contributed by atoms with E-state index in [-0.39, 0.29) is 6.04 Å². The molecule has 136 valence electrons. The number of hydrogen-bond acceptors (Lipinski definition) is 4. The molecule has 0 bridgehead atoms. The van der Waals surface area contributed by atoms with Crippen molar-refractivity contribution in [2.24, 2.45) is 5.92 Å². The maximum absolute atomic E-state index is 11.3. The molecule has 27 heavy (non-hydrogen) atoms. The number of hydrogen-bond donors (Lipinski definition) is 1. The van der Waals surface area contributed by atoms with Crippen LogP contribution in [-0.4, -0.2) is 32.2 Å². The van der Waals surface area contributed by atoms with Gasteiger partial charge in [-0.15, -0.1) is 0 Å². The molecule has 1 aromatic carbocycles. The van der Waals surface area contributed by atoms with Crippen molar-refractivity contribution < 1.29 is 4.79 Å². The Kier molecular flexibility index (Phi) is 3.70. The van der Waals surface area contributed by atoms with Crippen LogP contribution in [0, 0.1) is 5.92 Å². The summed E-state index contributed by atoms with van der Waals surface area (Å²) in [4.78, 5) is 26.1. The van der Waals surface area contributed by atoms with Crippen molar-refractivity contribution >= 4 is 28.7 Å². The van der Waals surface area contributed by atoms with Gasteiger partial charge in [0, 0.05) is 24.0 Å². The Morgan fingerprint density at radius 3 is 3.00 bits per heavy atom. The SMILES string of the molecule is C[C@H]1CCN(c2cccc(C=O)c2)[C@@H](c2ncc3cnc4[nH]ccc4n23)C1. The van der Waals surface area contributed by atoms with Gasteiger partial charge in [0.2, 0.25) is 0 Å². The largest absolute Gasteiger partial charge is 0.361 e. The molecule has 1 aliphatic heterocycles. The van der Waals surface area contributed by atoms with Crippen molar-refractivity contribution in [3.63, 3.8) is 0 Å². The highest BCUT2D eigenvalue weighted by molar-refractivity contribution is 5.77. The van der Waals surface area contributed by atoms with Gasteiger partial charge in [-0.2, -0.15) is 0 Å². The van der Waals surface area contributed by atoms with E-state index in [0.29, 0.717) is 11.5 Å². The molecule has 2 atom stereocenters. The molecule has 4 heterocycles. The topological polar surface area (TPSA) is 66.3 Å². The fourth-order valence-electron chi connectivity index (χ4n) is 4.21. The third kappa shape index (κ3) is 2.60. The molecular formula is C21H21N5O. The maximum atomic E-state index is 11.3. The van der Waals surface area contributed by atoms with E-state index in [9.17, 15) is 4.79 Å². The first-order chi connectivity index (χ1) is 13.2.